The van der Waals surface area contributed by atoms with Gasteiger partial charge in [0.25, 0.3) is 0 Å². The van der Waals surface area contributed by atoms with Crippen LogP contribution in [0.3, 0.4) is 0 Å². The van der Waals surface area contributed by atoms with Gasteiger partial charge in [-0.2, -0.15) is 0 Å². The molecular formula is C17H27N3O. The Morgan fingerprint density at radius 3 is 2.62 bits per heavy atom. The Balaban J connectivity index is 2.06. The summed E-state index contributed by atoms with van der Waals surface area (Å²) in [7, 11) is 4.09. The molecule has 1 N–H and O–H groups in total. The predicted octanol–water partition coefficient (Wildman–Crippen LogP) is 1.50. The minimum Gasteiger partial charge on any atom is -0.338 e. The van der Waals surface area contributed by atoms with Crippen LogP contribution in [-0.2, 0) is 17.8 Å². The van der Waals surface area contributed by atoms with Gasteiger partial charge in [-0.15, -0.1) is 0 Å². The lowest BCUT2D eigenvalue weighted by molar-refractivity contribution is -0.135. The van der Waals surface area contributed by atoms with Gasteiger partial charge in [0, 0.05) is 25.7 Å². The molecule has 1 aromatic carbocycles. The van der Waals surface area contributed by atoms with Crippen molar-refractivity contribution in [3.63, 3.8) is 0 Å². The second-order valence-electron chi connectivity index (χ2n) is 6.14. The van der Waals surface area contributed by atoms with Gasteiger partial charge in [0.05, 0.1) is 6.04 Å². The second kappa shape index (κ2) is 7.05. The number of benzene rings is 1. The maximum Gasteiger partial charge on any atom is 0.240 e. The number of rotatable bonds is 5. The lowest BCUT2D eigenvalue weighted by Crippen LogP contribution is -2.53. The molecule has 1 heterocycles. The molecule has 2 atom stereocenters. The fourth-order valence-electron chi connectivity index (χ4n) is 3.14. The number of likely N-dealkylation sites (N-methyl/N-ethyl adjacent to an activating group) is 2. The molecule has 1 aliphatic rings. The molecule has 0 fully saturated rings. The van der Waals surface area contributed by atoms with E-state index in [2.05, 4.69) is 48.3 Å². The molecule has 21 heavy (non-hydrogen) atoms. The Bertz CT molecular complexity index is 487. The zero-order valence-corrected chi connectivity index (χ0v) is 13.6. The molecule has 0 spiro atoms. The lowest BCUT2D eigenvalue weighted by Gasteiger charge is -2.35. The number of nitrogens with one attached hydrogen (secondary N) is 1. The molecule has 0 aromatic heterocycles. The van der Waals surface area contributed by atoms with E-state index in [0.29, 0.717) is 0 Å². The summed E-state index contributed by atoms with van der Waals surface area (Å²) in [6.07, 6.45) is 0.792. The number of hydrogen-bond donors (Lipinski definition) is 1. The fourth-order valence-corrected chi connectivity index (χ4v) is 3.14. The molecule has 0 bridgehead atoms. The normalized spacial score (nSPS) is 19.2. The molecule has 0 aliphatic carbocycles. The first-order chi connectivity index (χ1) is 10.0. The minimum absolute atomic E-state index is 0.0931. The van der Waals surface area contributed by atoms with Crippen LogP contribution in [0.25, 0.3) is 0 Å². The summed E-state index contributed by atoms with van der Waals surface area (Å²) in [6, 6.07) is 8.52. The first-order valence-electron chi connectivity index (χ1n) is 7.78. The van der Waals surface area contributed by atoms with Crippen LogP contribution >= 0.6 is 0 Å². The first-order valence-corrected chi connectivity index (χ1v) is 7.78. The summed E-state index contributed by atoms with van der Waals surface area (Å²) in [4.78, 5) is 16.9. The number of carbonyl (C=O) groups is 1. The van der Waals surface area contributed by atoms with Crippen LogP contribution in [0, 0.1) is 0 Å². The highest BCUT2D eigenvalue weighted by Crippen LogP contribution is 2.18. The highest BCUT2D eigenvalue weighted by molar-refractivity contribution is 5.83. The minimum atomic E-state index is -0.0931. The summed E-state index contributed by atoms with van der Waals surface area (Å²) in [5.41, 5.74) is 2.61. The average Bonchev–Trinajstić information content (AvgIpc) is 2.46. The monoisotopic (exact) mass is 289 g/mol. The van der Waals surface area contributed by atoms with E-state index in [1.807, 2.05) is 19.0 Å². The molecule has 4 heteroatoms. The Morgan fingerprint density at radius 1 is 1.33 bits per heavy atom. The molecule has 0 saturated heterocycles. The van der Waals surface area contributed by atoms with E-state index < -0.39 is 0 Å². The SMILES string of the molecule is CCN(C(=O)C1Cc2ccccc2CN1)C(C)CN(C)C. The Kier molecular flexibility index (Phi) is 5.37. The highest BCUT2D eigenvalue weighted by atomic mass is 16.2. The van der Waals surface area contributed by atoms with E-state index in [-0.39, 0.29) is 18.0 Å². The topological polar surface area (TPSA) is 35.6 Å². The zero-order chi connectivity index (χ0) is 15.4. The smallest absolute Gasteiger partial charge is 0.240 e. The summed E-state index contributed by atoms with van der Waals surface area (Å²) < 4.78 is 0. The molecule has 0 saturated carbocycles. The number of hydrogen-bond acceptors (Lipinski definition) is 3. The fraction of sp³-hybridized carbons (Fsp3) is 0.588. The third-order valence-corrected chi connectivity index (χ3v) is 4.16. The summed E-state index contributed by atoms with van der Waals surface area (Å²) in [5, 5.41) is 3.39. The van der Waals surface area contributed by atoms with Gasteiger partial charge < -0.3 is 15.1 Å². The maximum absolute atomic E-state index is 12.8. The van der Waals surface area contributed by atoms with Crippen molar-refractivity contribution in [2.75, 3.05) is 27.2 Å². The third-order valence-electron chi connectivity index (χ3n) is 4.16. The van der Waals surface area contributed by atoms with Crippen LogP contribution < -0.4 is 5.32 Å². The number of fused-ring (bicyclic) bond motifs is 1. The first kappa shape index (κ1) is 16.0. The van der Waals surface area contributed by atoms with Crippen LogP contribution in [-0.4, -0.2) is 55.0 Å². The molecule has 1 aromatic rings. The van der Waals surface area contributed by atoms with Crippen molar-refractivity contribution in [2.24, 2.45) is 0 Å². The van der Waals surface area contributed by atoms with E-state index in [1.165, 1.54) is 11.1 Å². The van der Waals surface area contributed by atoms with Crippen LogP contribution in [0.15, 0.2) is 24.3 Å². The molecule has 2 unspecified atom stereocenters. The quantitative estimate of drug-likeness (QED) is 0.892. The number of amides is 1. The van der Waals surface area contributed by atoms with Crippen molar-refractivity contribution < 1.29 is 4.79 Å². The number of nitrogens with zero attached hydrogens (tertiary/aromatic N) is 2. The standard InChI is InChI=1S/C17H27N3O/c1-5-20(13(2)12-19(3)4)17(21)16-10-14-8-6-7-9-15(14)11-18-16/h6-9,13,16,18H,5,10-12H2,1-4H3. The average molecular weight is 289 g/mol. The van der Waals surface area contributed by atoms with Crippen LogP contribution in [0.2, 0.25) is 0 Å². The van der Waals surface area contributed by atoms with Gasteiger partial charge in [-0.1, -0.05) is 24.3 Å². The number of carbonyl (C=O) groups excluding carboxylic acids is 1. The molecule has 4 nitrogen and oxygen atoms in total. The lowest BCUT2D eigenvalue weighted by atomic mass is 9.95. The summed E-state index contributed by atoms with van der Waals surface area (Å²) in [5.74, 6) is 0.223. The van der Waals surface area contributed by atoms with E-state index >= 15 is 0 Å². The van der Waals surface area contributed by atoms with Crippen molar-refractivity contribution in [3.05, 3.63) is 35.4 Å². The largest absolute Gasteiger partial charge is 0.338 e. The van der Waals surface area contributed by atoms with Gasteiger partial charge in [0.15, 0.2) is 0 Å². The molecular weight excluding hydrogens is 262 g/mol. The predicted molar refractivity (Wildman–Crippen MR) is 86.2 cm³/mol. The van der Waals surface area contributed by atoms with Gasteiger partial charge in [-0.3, -0.25) is 4.79 Å². The Labute approximate surface area is 128 Å². The van der Waals surface area contributed by atoms with E-state index in [1.54, 1.807) is 0 Å². The van der Waals surface area contributed by atoms with Crippen molar-refractivity contribution in [1.82, 2.24) is 15.1 Å². The van der Waals surface area contributed by atoms with Crippen LogP contribution in [0.5, 0.6) is 0 Å². The van der Waals surface area contributed by atoms with Crippen molar-refractivity contribution in [3.8, 4) is 0 Å². The van der Waals surface area contributed by atoms with Gasteiger partial charge >= 0.3 is 0 Å². The van der Waals surface area contributed by atoms with Gasteiger partial charge in [0.2, 0.25) is 5.91 Å². The van der Waals surface area contributed by atoms with Crippen molar-refractivity contribution >= 4 is 5.91 Å². The summed E-state index contributed by atoms with van der Waals surface area (Å²) in [6.45, 7) is 6.61. The molecule has 2 rings (SSSR count). The zero-order valence-electron chi connectivity index (χ0n) is 13.6. The van der Waals surface area contributed by atoms with Gasteiger partial charge in [0.1, 0.15) is 0 Å². The van der Waals surface area contributed by atoms with Gasteiger partial charge in [-0.05, 0) is 45.5 Å². The summed E-state index contributed by atoms with van der Waals surface area (Å²) >= 11 is 0. The maximum atomic E-state index is 12.8. The Hall–Kier alpha value is -1.39. The second-order valence-corrected chi connectivity index (χ2v) is 6.14. The third kappa shape index (κ3) is 3.83. The van der Waals surface area contributed by atoms with Crippen molar-refractivity contribution in [2.45, 2.75) is 38.9 Å². The van der Waals surface area contributed by atoms with E-state index in [0.717, 1.165) is 26.1 Å². The van der Waals surface area contributed by atoms with Crippen LogP contribution in [0.4, 0.5) is 0 Å². The van der Waals surface area contributed by atoms with Crippen molar-refractivity contribution in [1.29, 1.82) is 0 Å². The highest BCUT2D eigenvalue weighted by Gasteiger charge is 2.29. The van der Waals surface area contributed by atoms with Gasteiger partial charge in [-0.25, -0.2) is 0 Å². The molecule has 1 aliphatic heterocycles. The molecule has 116 valence electrons. The van der Waals surface area contributed by atoms with Crippen LogP contribution in [0.1, 0.15) is 25.0 Å². The molecule has 1 amide bonds. The Morgan fingerprint density at radius 2 is 2.00 bits per heavy atom. The van der Waals surface area contributed by atoms with E-state index in [4.69, 9.17) is 0 Å². The molecule has 0 radical (unpaired) electrons. The van der Waals surface area contributed by atoms with E-state index in [9.17, 15) is 4.79 Å².